The standard InChI is InChI=1S/C13H16F3NO2/c14-11-7-9(19-12(15)16)1-2-10(11)13(17)5-3-8(18)4-6-13/h1-2,7-8,12,18H,3-6,17H2. The van der Waals surface area contributed by atoms with Crippen LogP contribution >= 0.6 is 0 Å². The van der Waals surface area contributed by atoms with Crippen LogP contribution in [0.5, 0.6) is 5.75 Å². The van der Waals surface area contributed by atoms with Gasteiger partial charge in [0.15, 0.2) is 0 Å². The van der Waals surface area contributed by atoms with Crippen LogP contribution < -0.4 is 10.5 Å². The Bertz CT molecular complexity index is 446. The summed E-state index contributed by atoms with van der Waals surface area (Å²) in [6, 6.07) is 3.58. The smallest absolute Gasteiger partial charge is 0.387 e. The van der Waals surface area contributed by atoms with Crippen LogP contribution in [0.2, 0.25) is 0 Å². The Morgan fingerprint density at radius 1 is 1.32 bits per heavy atom. The van der Waals surface area contributed by atoms with Gasteiger partial charge in [0.25, 0.3) is 0 Å². The van der Waals surface area contributed by atoms with E-state index in [9.17, 15) is 18.3 Å². The maximum atomic E-state index is 14.0. The Morgan fingerprint density at radius 3 is 2.47 bits per heavy atom. The fourth-order valence-corrected chi connectivity index (χ4v) is 2.46. The summed E-state index contributed by atoms with van der Waals surface area (Å²) in [5.41, 5.74) is 5.58. The summed E-state index contributed by atoms with van der Waals surface area (Å²) >= 11 is 0. The third-order valence-corrected chi connectivity index (χ3v) is 3.55. The lowest BCUT2D eigenvalue weighted by Crippen LogP contribution is -2.42. The number of nitrogens with two attached hydrogens (primary N) is 1. The lowest BCUT2D eigenvalue weighted by molar-refractivity contribution is -0.0500. The fraction of sp³-hybridized carbons (Fsp3) is 0.538. The molecule has 0 saturated heterocycles. The number of aliphatic hydroxyl groups excluding tert-OH is 1. The predicted molar refractivity (Wildman–Crippen MR) is 63.4 cm³/mol. The highest BCUT2D eigenvalue weighted by atomic mass is 19.3. The summed E-state index contributed by atoms with van der Waals surface area (Å²) in [5, 5.41) is 9.45. The highest BCUT2D eigenvalue weighted by Gasteiger charge is 2.34. The first-order valence-electron chi connectivity index (χ1n) is 6.12. The molecule has 1 saturated carbocycles. The number of benzene rings is 1. The summed E-state index contributed by atoms with van der Waals surface area (Å²) in [7, 11) is 0. The first-order chi connectivity index (χ1) is 8.90. The van der Waals surface area contributed by atoms with Crippen LogP contribution in [-0.4, -0.2) is 17.8 Å². The Morgan fingerprint density at radius 2 is 1.95 bits per heavy atom. The molecule has 1 aromatic rings. The molecular formula is C13H16F3NO2. The second-order valence-electron chi connectivity index (χ2n) is 4.91. The largest absolute Gasteiger partial charge is 0.435 e. The van der Waals surface area contributed by atoms with Crippen molar-refractivity contribution in [2.75, 3.05) is 0 Å². The van der Waals surface area contributed by atoms with Crippen molar-refractivity contribution in [3.05, 3.63) is 29.6 Å². The minimum Gasteiger partial charge on any atom is -0.435 e. The normalized spacial score (nSPS) is 27.6. The van der Waals surface area contributed by atoms with Crippen LogP contribution in [0.4, 0.5) is 13.2 Å². The molecule has 3 N–H and O–H groups in total. The lowest BCUT2D eigenvalue weighted by atomic mass is 9.76. The van der Waals surface area contributed by atoms with Crippen molar-refractivity contribution in [1.29, 1.82) is 0 Å². The van der Waals surface area contributed by atoms with E-state index in [-0.39, 0.29) is 11.3 Å². The van der Waals surface area contributed by atoms with Crippen molar-refractivity contribution >= 4 is 0 Å². The van der Waals surface area contributed by atoms with Gasteiger partial charge >= 0.3 is 6.61 Å². The van der Waals surface area contributed by atoms with Gasteiger partial charge < -0.3 is 15.6 Å². The Hall–Kier alpha value is -1.27. The molecule has 2 rings (SSSR count). The summed E-state index contributed by atoms with van der Waals surface area (Å²) in [5.74, 6) is -0.882. The Labute approximate surface area is 109 Å². The molecule has 1 aliphatic rings. The van der Waals surface area contributed by atoms with Gasteiger partial charge in [0.05, 0.1) is 6.10 Å². The van der Waals surface area contributed by atoms with E-state index in [0.717, 1.165) is 6.07 Å². The van der Waals surface area contributed by atoms with E-state index >= 15 is 0 Å². The van der Waals surface area contributed by atoms with Gasteiger partial charge in [-0.2, -0.15) is 8.78 Å². The van der Waals surface area contributed by atoms with Crippen LogP contribution in [0, 0.1) is 5.82 Å². The molecule has 0 amide bonds. The van der Waals surface area contributed by atoms with Crippen molar-refractivity contribution < 1.29 is 23.0 Å². The van der Waals surface area contributed by atoms with Crippen LogP contribution in [0.25, 0.3) is 0 Å². The van der Waals surface area contributed by atoms with Crippen LogP contribution in [0.15, 0.2) is 18.2 Å². The summed E-state index contributed by atoms with van der Waals surface area (Å²) < 4.78 is 42.2. The minimum absolute atomic E-state index is 0.226. The van der Waals surface area contributed by atoms with Crippen LogP contribution in [0.1, 0.15) is 31.2 Å². The molecule has 0 bridgehead atoms. The van der Waals surface area contributed by atoms with E-state index in [2.05, 4.69) is 4.74 Å². The van der Waals surface area contributed by atoms with Gasteiger partial charge in [-0.25, -0.2) is 4.39 Å². The van der Waals surface area contributed by atoms with E-state index < -0.39 is 24.1 Å². The van der Waals surface area contributed by atoms with E-state index in [1.807, 2.05) is 0 Å². The number of aliphatic hydroxyl groups is 1. The number of halogens is 3. The number of hydrogen-bond acceptors (Lipinski definition) is 3. The first-order valence-corrected chi connectivity index (χ1v) is 6.12. The number of ether oxygens (including phenoxy) is 1. The van der Waals surface area contributed by atoms with Crippen molar-refractivity contribution in [3.63, 3.8) is 0 Å². The zero-order valence-corrected chi connectivity index (χ0v) is 10.3. The summed E-state index contributed by atoms with van der Waals surface area (Å²) in [6.45, 7) is -2.98. The van der Waals surface area contributed by atoms with E-state index in [1.54, 1.807) is 0 Å². The molecule has 0 heterocycles. The van der Waals surface area contributed by atoms with E-state index in [1.165, 1.54) is 12.1 Å². The van der Waals surface area contributed by atoms with Crippen molar-refractivity contribution in [2.45, 2.75) is 43.9 Å². The number of hydrogen-bond donors (Lipinski definition) is 2. The van der Waals surface area contributed by atoms with Crippen LogP contribution in [-0.2, 0) is 5.54 Å². The Kier molecular flexibility index (Phi) is 4.01. The Balaban J connectivity index is 2.21. The molecule has 1 aromatic carbocycles. The number of alkyl halides is 2. The monoisotopic (exact) mass is 275 g/mol. The molecule has 0 aliphatic heterocycles. The minimum atomic E-state index is -2.98. The zero-order valence-electron chi connectivity index (χ0n) is 10.3. The maximum Gasteiger partial charge on any atom is 0.387 e. The molecule has 106 valence electrons. The third kappa shape index (κ3) is 3.19. The molecule has 1 aliphatic carbocycles. The van der Waals surface area contributed by atoms with E-state index in [0.29, 0.717) is 25.7 Å². The van der Waals surface area contributed by atoms with Gasteiger partial charge in [0, 0.05) is 17.2 Å². The van der Waals surface area contributed by atoms with Gasteiger partial charge in [-0.15, -0.1) is 0 Å². The van der Waals surface area contributed by atoms with Gasteiger partial charge in [-0.3, -0.25) is 0 Å². The molecular weight excluding hydrogens is 259 g/mol. The van der Waals surface area contributed by atoms with Crippen molar-refractivity contribution in [1.82, 2.24) is 0 Å². The zero-order chi connectivity index (χ0) is 14.0. The third-order valence-electron chi connectivity index (χ3n) is 3.55. The molecule has 0 radical (unpaired) electrons. The average molecular weight is 275 g/mol. The fourth-order valence-electron chi connectivity index (χ4n) is 2.46. The van der Waals surface area contributed by atoms with Gasteiger partial charge in [-0.1, -0.05) is 6.07 Å². The molecule has 19 heavy (non-hydrogen) atoms. The average Bonchev–Trinajstić information content (AvgIpc) is 2.32. The van der Waals surface area contributed by atoms with Crippen LogP contribution in [0.3, 0.4) is 0 Å². The number of rotatable bonds is 3. The molecule has 0 spiro atoms. The summed E-state index contributed by atoms with van der Waals surface area (Å²) in [4.78, 5) is 0. The van der Waals surface area contributed by atoms with Gasteiger partial charge in [0.2, 0.25) is 0 Å². The first kappa shape index (κ1) is 14.1. The lowest BCUT2D eigenvalue weighted by Gasteiger charge is -2.36. The quantitative estimate of drug-likeness (QED) is 0.891. The second-order valence-corrected chi connectivity index (χ2v) is 4.91. The second kappa shape index (κ2) is 5.38. The molecule has 0 atom stereocenters. The molecule has 1 fully saturated rings. The van der Waals surface area contributed by atoms with Gasteiger partial charge in [0.1, 0.15) is 11.6 Å². The molecule has 3 nitrogen and oxygen atoms in total. The molecule has 0 aromatic heterocycles. The maximum absolute atomic E-state index is 14.0. The predicted octanol–water partition coefficient (Wildman–Crippen LogP) is 2.52. The summed E-state index contributed by atoms with van der Waals surface area (Å²) in [6.07, 6.45) is 1.53. The SMILES string of the molecule is NC1(c2ccc(OC(F)F)cc2F)CCC(O)CC1. The highest BCUT2D eigenvalue weighted by molar-refractivity contribution is 5.33. The van der Waals surface area contributed by atoms with Gasteiger partial charge in [-0.05, 0) is 31.7 Å². The molecule has 0 unspecified atom stereocenters. The van der Waals surface area contributed by atoms with Crippen molar-refractivity contribution in [2.24, 2.45) is 5.73 Å². The van der Waals surface area contributed by atoms with Crippen molar-refractivity contribution in [3.8, 4) is 5.75 Å². The highest BCUT2D eigenvalue weighted by Crippen LogP contribution is 2.37. The topological polar surface area (TPSA) is 55.5 Å². The molecule has 6 heteroatoms. The van der Waals surface area contributed by atoms with E-state index in [4.69, 9.17) is 5.73 Å².